The zero-order chi connectivity index (χ0) is 14.1. The lowest BCUT2D eigenvalue weighted by Crippen LogP contribution is -2.45. The van der Waals surface area contributed by atoms with Gasteiger partial charge < -0.3 is 10.3 Å². The Kier molecular flexibility index (Phi) is 3.27. The molecule has 0 saturated heterocycles. The molecule has 1 aliphatic rings. The molecule has 1 aliphatic heterocycles. The summed E-state index contributed by atoms with van der Waals surface area (Å²) in [7, 11) is 0. The molecule has 1 amide bonds. The Morgan fingerprint density at radius 1 is 1.55 bits per heavy atom. The molecular weight excluding hydrogens is 256 g/mol. The van der Waals surface area contributed by atoms with Crippen LogP contribution in [-0.2, 0) is 17.8 Å². The van der Waals surface area contributed by atoms with Crippen molar-refractivity contribution in [2.24, 2.45) is 0 Å². The smallest absolute Gasteiger partial charge is 0.243 e. The third kappa shape index (κ3) is 2.32. The van der Waals surface area contributed by atoms with Crippen molar-refractivity contribution >= 4 is 11.7 Å². The second kappa shape index (κ2) is 5.09. The van der Waals surface area contributed by atoms with Crippen molar-refractivity contribution in [3.05, 3.63) is 30.0 Å². The van der Waals surface area contributed by atoms with E-state index in [2.05, 4.69) is 25.7 Å². The quantitative estimate of drug-likeness (QED) is 0.774. The predicted octanol–water partition coefficient (Wildman–Crippen LogP) is 0.840. The number of hydrogen-bond acceptors (Lipinski definition) is 4. The van der Waals surface area contributed by atoms with Gasteiger partial charge in [0, 0.05) is 25.1 Å². The Morgan fingerprint density at radius 3 is 3.20 bits per heavy atom. The molecule has 0 bridgehead atoms. The van der Waals surface area contributed by atoms with Crippen LogP contribution in [0.25, 0.3) is 0 Å². The van der Waals surface area contributed by atoms with E-state index >= 15 is 0 Å². The standard InChI is InChI=1S/C13H18N6O/c1-8(2)19-12(3-4-17-19)18-13(20)10-5-9-11(6-14-10)16-7-15-9/h3-4,7-8,10,14H,5-6H2,1-2H3,(H,15,16)(H,18,20). The number of aromatic nitrogens is 4. The van der Waals surface area contributed by atoms with Crippen molar-refractivity contribution in [1.29, 1.82) is 0 Å². The maximum atomic E-state index is 12.3. The van der Waals surface area contributed by atoms with Crippen molar-refractivity contribution in [1.82, 2.24) is 25.1 Å². The number of hydrogen-bond donors (Lipinski definition) is 3. The first kappa shape index (κ1) is 12.9. The number of nitrogens with zero attached hydrogens (tertiary/aromatic N) is 3. The summed E-state index contributed by atoms with van der Waals surface area (Å²) < 4.78 is 1.79. The number of H-pyrrole nitrogens is 1. The van der Waals surface area contributed by atoms with E-state index in [0.717, 1.165) is 17.2 Å². The molecule has 2 aromatic rings. The average molecular weight is 274 g/mol. The van der Waals surface area contributed by atoms with Gasteiger partial charge in [0.1, 0.15) is 5.82 Å². The lowest BCUT2D eigenvalue weighted by atomic mass is 10.0. The second-order valence-electron chi connectivity index (χ2n) is 5.21. The third-order valence-corrected chi connectivity index (χ3v) is 3.46. The minimum Gasteiger partial charge on any atom is -0.347 e. The van der Waals surface area contributed by atoms with E-state index in [4.69, 9.17) is 0 Å². The third-order valence-electron chi connectivity index (χ3n) is 3.46. The van der Waals surface area contributed by atoms with Gasteiger partial charge in [-0.2, -0.15) is 5.10 Å². The van der Waals surface area contributed by atoms with Gasteiger partial charge in [-0.25, -0.2) is 9.67 Å². The number of aromatic amines is 1. The molecular formula is C13H18N6O. The molecule has 1 unspecified atom stereocenters. The highest BCUT2D eigenvalue weighted by Crippen LogP contribution is 2.16. The van der Waals surface area contributed by atoms with Crippen LogP contribution >= 0.6 is 0 Å². The van der Waals surface area contributed by atoms with E-state index in [1.54, 1.807) is 23.3 Å². The van der Waals surface area contributed by atoms with Crippen LogP contribution in [0.4, 0.5) is 5.82 Å². The normalized spacial score (nSPS) is 18.1. The number of anilines is 1. The molecule has 106 valence electrons. The van der Waals surface area contributed by atoms with Crippen molar-refractivity contribution < 1.29 is 4.79 Å². The van der Waals surface area contributed by atoms with Gasteiger partial charge in [-0.3, -0.25) is 10.1 Å². The fourth-order valence-electron chi connectivity index (χ4n) is 2.39. The molecule has 1 atom stereocenters. The molecule has 20 heavy (non-hydrogen) atoms. The number of fused-ring (bicyclic) bond motifs is 1. The lowest BCUT2D eigenvalue weighted by molar-refractivity contribution is -0.118. The molecule has 0 radical (unpaired) electrons. The monoisotopic (exact) mass is 274 g/mol. The average Bonchev–Trinajstić information content (AvgIpc) is 3.05. The number of nitrogens with one attached hydrogen (secondary N) is 3. The summed E-state index contributed by atoms with van der Waals surface area (Å²) in [5, 5.41) is 10.3. The van der Waals surface area contributed by atoms with Crippen molar-refractivity contribution in [2.45, 2.75) is 38.9 Å². The van der Waals surface area contributed by atoms with E-state index in [-0.39, 0.29) is 18.0 Å². The van der Waals surface area contributed by atoms with Gasteiger partial charge in [0.25, 0.3) is 0 Å². The number of carbonyl (C=O) groups is 1. The van der Waals surface area contributed by atoms with Crippen LogP contribution in [-0.4, -0.2) is 31.7 Å². The van der Waals surface area contributed by atoms with Gasteiger partial charge in [-0.1, -0.05) is 0 Å². The molecule has 0 aromatic carbocycles. The fraction of sp³-hybridized carbons (Fsp3) is 0.462. The molecule has 7 nitrogen and oxygen atoms in total. The number of amides is 1. The first-order chi connectivity index (χ1) is 9.65. The minimum atomic E-state index is -0.263. The molecule has 0 spiro atoms. The fourth-order valence-corrected chi connectivity index (χ4v) is 2.39. The Hall–Kier alpha value is -2.15. The Balaban J connectivity index is 1.70. The van der Waals surface area contributed by atoms with Crippen molar-refractivity contribution in [2.75, 3.05) is 5.32 Å². The predicted molar refractivity (Wildman–Crippen MR) is 74.2 cm³/mol. The lowest BCUT2D eigenvalue weighted by Gasteiger charge is -2.22. The summed E-state index contributed by atoms with van der Waals surface area (Å²) in [6, 6.07) is 1.75. The van der Waals surface area contributed by atoms with Gasteiger partial charge in [-0.05, 0) is 13.8 Å². The SMILES string of the molecule is CC(C)n1nccc1NC(=O)C1Cc2nc[nH]c2CN1. The zero-order valence-electron chi connectivity index (χ0n) is 11.6. The topological polar surface area (TPSA) is 87.6 Å². The van der Waals surface area contributed by atoms with Crippen molar-refractivity contribution in [3.63, 3.8) is 0 Å². The summed E-state index contributed by atoms with van der Waals surface area (Å²) in [5.41, 5.74) is 2.02. The van der Waals surface area contributed by atoms with Crippen LogP contribution in [0.2, 0.25) is 0 Å². The summed E-state index contributed by atoms with van der Waals surface area (Å²) >= 11 is 0. The van der Waals surface area contributed by atoms with E-state index in [1.807, 2.05) is 13.8 Å². The van der Waals surface area contributed by atoms with Crippen LogP contribution in [0, 0.1) is 0 Å². The van der Waals surface area contributed by atoms with Gasteiger partial charge in [0.05, 0.1) is 30.0 Å². The van der Waals surface area contributed by atoms with Crippen LogP contribution in [0.1, 0.15) is 31.3 Å². The molecule has 3 heterocycles. The Labute approximate surface area is 116 Å². The van der Waals surface area contributed by atoms with Crippen LogP contribution < -0.4 is 10.6 Å². The highest BCUT2D eigenvalue weighted by atomic mass is 16.2. The Bertz CT molecular complexity index is 614. The molecule has 0 aliphatic carbocycles. The highest BCUT2D eigenvalue weighted by Gasteiger charge is 2.26. The number of rotatable bonds is 3. The van der Waals surface area contributed by atoms with E-state index in [1.165, 1.54) is 0 Å². The Morgan fingerprint density at radius 2 is 2.40 bits per heavy atom. The second-order valence-corrected chi connectivity index (χ2v) is 5.21. The maximum Gasteiger partial charge on any atom is 0.243 e. The van der Waals surface area contributed by atoms with Gasteiger partial charge in [0.2, 0.25) is 5.91 Å². The van der Waals surface area contributed by atoms with Gasteiger partial charge >= 0.3 is 0 Å². The van der Waals surface area contributed by atoms with Crippen LogP contribution in [0.5, 0.6) is 0 Å². The number of carbonyl (C=O) groups excluding carboxylic acids is 1. The van der Waals surface area contributed by atoms with E-state index in [9.17, 15) is 4.79 Å². The first-order valence-electron chi connectivity index (χ1n) is 6.74. The van der Waals surface area contributed by atoms with Crippen LogP contribution in [0.3, 0.4) is 0 Å². The van der Waals surface area contributed by atoms with Gasteiger partial charge in [-0.15, -0.1) is 0 Å². The van der Waals surface area contributed by atoms with Crippen molar-refractivity contribution in [3.8, 4) is 0 Å². The van der Waals surface area contributed by atoms with Gasteiger partial charge in [0.15, 0.2) is 0 Å². The zero-order valence-corrected chi connectivity index (χ0v) is 11.6. The summed E-state index contributed by atoms with van der Waals surface area (Å²) in [4.78, 5) is 19.6. The first-order valence-corrected chi connectivity index (χ1v) is 6.74. The van der Waals surface area contributed by atoms with E-state index in [0.29, 0.717) is 13.0 Å². The maximum absolute atomic E-state index is 12.3. The summed E-state index contributed by atoms with van der Waals surface area (Å²) in [6.07, 6.45) is 3.96. The molecule has 3 N–H and O–H groups in total. The van der Waals surface area contributed by atoms with Crippen LogP contribution in [0.15, 0.2) is 18.6 Å². The largest absolute Gasteiger partial charge is 0.347 e. The number of imidazole rings is 1. The summed E-state index contributed by atoms with van der Waals surface area (Å²) in [5.74, 6) is 0.667. The molecule has 3 rings (SSSR count). The highest BCUT2D eigenvalue weighted by molar-refractivity contribution is 5.94. The van der Waals surface area contributed by atoms with E-state index < -0.39 is 0 Å². The minimum absolute atomic E-state index is 0.0546. The molecule has 0 fully saturated rings. The molecule has 2 aromatic heterocycles. The summed E-state index contributed by atoms with van der Waals surface area (Å²) in [6.45, 7) is 4.69. The molecule has 0 saturated carbocycles. The molecule has 7 heteroatoms.